The van der Waals surface area contributed by atoms with Crippen molar-refractivity contribution in [2.45, 2.75) is 39.5 Å². The van der Waals surface area contributed by atoms with E-state index in [0.29, 0.717) is 24.8 Å². The van der Waals surface area contributed by atoms with Crippen molar-refractivity contribution in [1.29, 1.82) is 0 Å². The molecule has 3 heterocycles. The Balaban J connectivity index is 0.00000192. The number of halogens is 1. The lowest BCUT2D eigenvalue weighted by atomic mass is 9.81. The van der Waals surface area contributed by atoms with E-state index in [-0.39, 0.29) is 24.2 Å². The minimum atomic E-state index is -0.493. The SMILES string of the molecule is CC1CCN(C(=O)CC2(C(=O)N3CCC(C)C3)CCNC2)C1.Cl. The molecule has 2 amide bonds. The molecule has 0 saturated carbocycles. The fourth-order valence-electron chi connectivity index (χ4n) is 4.17. The number of nitrogens with one attached hydrogen (secondary N) is 1. The molecule has 3 unspecified atom stereocenters. The summed E-state index contributed by atoms with van der Waals surface area (Å²) in [5.41, 5.74) is -0.493. The molecule has 3 atom stereocenters. The maximum Gasteiger partial charge on any atom is 0.230 e. The summed E-state index contributed by atoms with van der Waals surface area (Å²) in [6.07, 6.45) is 3.36. The third-order valence-electron chi connectivity index (χ3n) is 5.67. The van der Waals surface area contributed by atoms with Gasteiger partial charge >= 0.3 is 0 Å². The van der Waals surface area contributed by atoms with Crippen LogP contribution in [0.2, 0.25) is 0 Å². The summed E-state index contributed by atoms with van der Waals surface area (Å²) in [7, 11) is 0. The van der Waals surface area contributed by atoms with Crippen molar-refractivity contribution in [3.05, 3.63) is 0 Å². The summed E-state index contributed by atoms with van der Waals surface area (Å²) in [5, 5.41) is 3.32. The van der Waals surface area contributed by atoms with Gasteiger partial charge in [-0.3, -0.25) is 9.59 Å². The molecule has 3 saturated heterocycles. The van der Waals surface area contributed by atoms with Gasteiger partial charge in [0.1, 0.15) is 0 Å². The average Bonchev–Trinajstić information content (AvgIpc) is 3.20. The molecule has 23 heavy (non-hydrogen) atoms. The number of likely N-dealkylation sites (tertiary alicyclic amines) is 2. The Hall–Kier alpha value is -0.810. The Morgan fingerprint density at radius 1 is 1.09 bits per heavy atom. The van der Waals surface area contributed by atoms with Crippen LogP contribution in [0.4, 0.5) is 0 Å². The number of rotatable bonds is 3. The summed E-state index contributed by atoms with van der Waals surface area (Å²) in [4.78, 5) is 29.7. The molecule has 0 spiro atoms. The Labute approximate surface area is 145 Å². The van der Waals surface area contributed by atoms with Crippen LogP contribution in [-0.4, -0.2) is 60.9 Å². The largest absolute Gasteiger partial charge is 0.342 e. The predicted molar refractivity (Wildman–Crippen MR) is 92.5 cm³/mol. The first-order chi connectivity index (χ1) is 10.5. The number of carbonyl (C=O) groups excluding carboxylic acids is 2. The molecule has 132 valence electrons. The van der Waals surface area contributed by atoms with Gasteiger partial charge in [-0.15, -0.1) is 12.4 Å². The number of nitrogens with zero attached hydrogens (tertiary/aromatic N) is 2. The van der Waals surface area contributed by atoms with Crippen molar-refractivity contribution in [3.8, 4) is 0 Å². The zero-order valence-electron chi connectivity index (χ0n) is 14.3. The second-order valence-electron chi connectivity index (χ2n) is 7.76. The van der Waals surface area contributed by atoms with Crippen LogP contribution in [0.1, 0.15) is 39.5 Å². The molecular weight excluding hydrogens is 314 g/mol. The summed E-state index contributed by atoms with van der Waals surface area (Å²) in [5.74, 6) is 1.57. The van der Waals surface area contributed by atoms with Gasteiger partial charge in [-0.2, -0.15) is 0 Å². The van der Waals surface area contributed by atoms with E-state index in [1.807, 2.05) is 9.80 Å². The van der Waals surface area contributed by atoms with Crippen LogP contribution in [-0.2, 0) is 9.59 Å². The van der Waals surface area contributed by atoms with E-state index in [1.54, 1.807) is 0 Å². The molecule has 0 radical (unpaired) electrons. The van der Waals surface area contributed by atoms with Crippen LogP contribution < -0.4 is 5.32 Å². The molecular formula is C17H30ClN3O2. The standard InChI is InChI=1S/C17H29N3O2.ClH/c1-13-3-7-19(10-13)15(21)9-17(5-6-18-12-17)16(22)20-8-4-14(2)11-20;/h13-14,18H,3-12H2,1-2H3;1H. The van der Waals surface area contributed by atoms with Gasteiger partial charge in [0.2, 0.25) is 11.8 Å². The third kappa shape index (κ3) is 3.82. The summed E-state index contributed by atoms with van der Waals surface area (Å²) in [6.45, 7) is 9.33. The molecule has 3 rings (SSSR count). The van der Waals surface area contributed by atoms with E-state index in [1.165, 1.54) is 0 Å². The van der Waals surface area contributed by atoms with Gasteiger partial charge in [-0.05, 0) is 37.6 Å². The Kier molecular flexibility index (Phi) is 5.95. The van der Waals surface area contributed by atoms with E-state index in [2.05, 4.69) is 19.2 Å². The molecule has 0 aliphatic carbocycles. The monoisotopic (exact) mass is 343 g/mol. The first kappa shape index (κ1) is 18.5. The first-order valence-corrected chi connectivity index (χ1v) is 8.78. The van der Waals surface area contributed by atoms with E-state index in [4.69, 9.17) is 0 Å². The van der Waals surface area contributed by atoms with Crippen molar-refractivity contribution in [2.24, 2.45) is 17.3 Å². The molecule has 5 nitrogen and oxygen atoms in total. The van der Waals surface area contributed by atoms with E-state index < -0.39 is 5.41 Å². The number of hydrogen-bond donors (Lipinski definition) is 1. The van der Waals surface area contributed by atoms with Crippen molar-refractivity contribution in [1.82, 2.24) is 15.1 Å². The number of carbonyl (C=O) groups is 2. The van der Waals surface area contributed by atoms with E-state index >= 15 is 0 Å². The fourth-order valence-corrected chi connectivity index (χ4v) is 4.17. The van der Waals surface area contributed by atoms with Crippen molar-refractivity contribution in [2.75, 3.05) is 39.3 Å². The second kappa shape index (κ2) is 7.39. The molecule has 3 fully saturated rings. The highest BCUT2D eigenvalue weighted by atomic mass is 35.5. The predicted octanol–water partition coefficient (Wildman–Crippen LogP) is 1.51. The first-order valence-electron chi connectivity index (χ1n) is 8.78. The molecule has 0 aromatic carbocycles. The quantitative estimate of drug-likeness (QED) is 0.845. The summed E-state index contributed by atoms with van der Waals surface area (Å²) >= 11 is 0. The van der Waals surface area contributed by atoms with Gasteiger partial charge in [0.05, 0.1) is 5.41 Å². The van der Waals surface area contributed by atoms with Crippen LogP contribution in [0.15, 0.2) is 0 Å². The van der Waals surface area contributed by atoms with Gasteiger partial charge in [-0.25, -0.2) is 0 Å². The molecule has 3 aliphatic rings. The lowest BCUT2D eigenvalue weighted by Gasteiger charge is -2.32. The molecule has 6 heteroatoms. The lowest BCUT2D eigenvalue weighted by Crippen LogP contribution is -2.47. The van der Waals surface area contributed by atoms with Crippen LogP contribution >= 0.6 is 12.4 Å². The van der Waals surface area contributed by atoms with Gasteiger partial charge < -0.3 is 15.1 Å². The van der Waals surface area contributed by atoms with Crippen LogP contribution in [0.5, 0.6) is 0 Å². The minimum absolute atomic E-state index is 0. The van der Waals surface area contributed by atoms with Crippen LogP contribution in [0, 0.1) is 17.3 Å². The fraction of sp³-hybridized carbons (Fsp3) is 0.882. The van der Waals surface area contributed by atoms with Gasteiger partial charge in [0.25, 0.3) is 0 Å². The van der Waals surface area contributed by atoms with Gasteiger partial charge in [-0.1, -0.05) is 13.8 Å². The maximum atomic E-state index is 13.0. The Morgan fingerprint density at radius 3 is 2.17 bits per heavy atom. The molecule has 0 aromatic rings. The molecule has 0 aromatic heterocycles. The third-order valence-corrected chi connectivity index (χ3v) is 5.67. The summed E-state index contributed by atoms with van der Waals surface area (Å²) in [6, 6.07) is 0. The zero-order chi connectivity index (χ0) is 15.7. The van der Waals surface area contributed by atoms with Gasteiger partial charge in [0.15, 0.2) is 0 Å². The second-order valence-corrected chi connectivity index (χ2v) is 7.76. The van der Waals surface area contributed by atoms with Crippen LogP contribution in [0.3, 0.4) is 0 Å². The zero-order valence-corrected chi connectivity index (χ0v) is 15.2. The van der Waals surface area contributed by atoms with Crippen LogP contribution in [0.25, 0.3) is 0 Å². The topological polar surface area (TPSA) is 52.7 Å². The molecule has 3 aliphatic heterocycles. The van der Waals surface area contributed by atoms with Gasteiger partial charge in [0, 0.05) is 39.1 Å². The normalized spacial score (nSPS) is 33.8. The number of amides is 2. The molecule has 0 bridgehead atoms. The van der Waals surface area contributed by atoms with E-state index in [0.717, 1.165) is 52.0 Å². The highest BCUT2D eigenvalue weighted by Crippen LogP contribution is 2.35. The highest BCUT2D eigenvalue weighted by molar-refractivity contribution is 5.90. The smallest absolute Gasteiger partial charge is 0.230 e. The minimum Gasteiger partial charge on any atom is -0.342 e. The Bertz CT molecular complexity index is 451. The highest BCUT2D eigenvalue weighted by Gasteiger charge is 2.47. The van der Waals surface area contributed by atoms with Crippen molar-refractivity contribution >= 4 is 24.2 Å². The lowest BCUT2D eigenvalue weighted by molar-refractivity contribution is -0.146. The summed E-state index contributed by atoms with van der Waals surface area (Å²) < 4.78 is 0. The Morgan fingerprint density at radius 2 is 1.70 bits per heavy atom. The number of hydrogen-bond acceptors (Lipinski definition) is 3. The van der Waals surface area contributed by atoms with E-state index in [9.17, 15) is 9.59 Å². The maximum absolute atomic E-state index is 13.0. The average molecular weight is 344 g/mol. The van der Waals surface area contributed by atoms with Crippen molar-refractivity contribution in [3.63, 3.8) is 0 Å². The van der Waals surface area contributed by atoms with Crippen molar-refractivity contribution < 1.29 is 9.59 Å². The molecule has 1 N–H and O–H groups in total.